The fourth-order valence-electron chi connectivity index (χ4n) is 1.04. The Balaban J connectivity index is -0.000000569. The Bertz CT molecular complexity index is 870. The van der Waals surface area contributed by atoms with Gasteiger partial charge >= 0.3 is 63.6 Å². The summed E-state index contributed by atoms with van der Waals surface area (Å²) in [4.78, 5) is 0. The maximum absolute atomic E-state index is 12.2. The Hall–Kier alpha value is -0.921. The second-order valence-corrected chi connectivity index (χ2v) is 8.08. The van der Waals surface area contributed by atoms with E-state index in [1.54, 1.807) is 0 Å². The molecule has 0 fully saturated rings. The second-order valence-electron chi connectivity index (χ2n) is 5.23. The molecule has 0 aliphatic rings. The zero-order chi connectivity index (χ0) is 29.0. The minimum absolute atomic E-state index is 0. The maximum atomic E-state index is 12.2. The standard InChI is InChI=1S/2C4HF9O3S.Fe/c2*5-1(6,3(9,10)11)2(7,8)4(12,13)17(14,15)16;/h2*(H,14,15,16);/q;;+2/p-2. The molecular formula is C8F18FeO6S2. The van der Waals surface area contributed by atoms with E-state index < -0.39 is 66.8 Å². The third-order valence-corrected chi connectivity index (χ3v) is 4.63. The zero-order valence-electron chi connectivity index (χ0n) is 14.4. The molecule has 0 aromatic carbocycles. The van der Waals surface area contributed by atoms with Crippen molar-refractivity contribution in [2.45, 2.75) is 46.6 Å². The first-order valence-electron chi connectivity index (χ1n) is 6.31. The molecule has 0 aliphatic heterocycles. The molecule has 0 aromatic heterocycles. The molecule has 27 heteroatoms. The van der Waals surface area contributed by atoms with Crippen LogP contribution in [0.15, 0.2) is 0 Å². The van der Waals surface area contributed by atoms with Gasteiger partial charge in [-0.05, 0) is 0 Å². The molecule has 35 heavy (non-hydrogen) atoms. The number of halogens is 18. The molecule has 0 saturated heterocycles. The molecule has 0 saturated carbocycles. The van der Waals surface area contributed by atoms with Crippen LogP contribution in [0.1, 0.15) is 0 Å². The van der Waals surface area contributed by atoms with Crippen molar-refractivity contribution in [1.82, 2.24) is 0 Å². The van der Waals surface area contributed by atoms with Crippen LogP contribution in [0.5, 0.6) is 0 Å². The Kier molecular flexibility index (Phi) is 10.8. The van der Waals surface area contributed by atoms with Gasteiger partial charge in [0.15, 0.2) is 20.2 Å². The molecule has 214 valence electrons. The summed E-state index contributed by atoms with van der Waals surface area (Å²) in [5, 5.41) is -14.2. The molecule has 0 unspecified atom stereocenters. The third kappa shape index (κ3) is 6.32. The Labute approximate surface area is 189 Å². The van der Waals surface area contributed by atoms with E-state index >= 15 is 0 Å². The number of rotatable bonds is 6. The molecule has 0 aromatic rings. The largest absolute Gasteiger partial charge is 2.00 e. The number of alkyl halides is 18. The van der Waals surface area contributed by atoms with E-state index in [1.807, 2.05) is 0 Å². The number of hydrogen-bond donors (Lipinski definition) is 0. The molecular weight excluding hydrogens is 654 g/mol. The van der Waals surface area contributed by atoms with E-state index in [2.05, 4.69) is 0 Å². The molecule has 0 spiro atoms. The van der Waals surface area contributed by atoms with Gasteiger partial charge < -0.3 is 9.11 Å². The first-order valence-corrected chi connectivity index (χ1v) is 9.13. The van der Waals surface area contributed by atoms with Gasteiger partial charge in [0.05, 0.1) is 0 Å². The third-order valence-electron chi connectivity index (χ3n) is 2.86. The van der Waals surface area contributed by atoms with Crippen LogP contribution in [0.2, 0.25) is 0 Å². The fourth-order valence-corrected chi connectivity index (χ4v) is 1.92. The molecule has 6 nitrogen and oxygen atoms in total. The minimum atomic E-state index is -7.43. The molecule has 0 heterocycles. The average Bonchev–Trinajstić information content (AvgIpc) is 2.50. The van der Waals surface area contributed by atoms with Crippen LogP contribution in [0.3, 0.4) is 0 Å². The summed E-state index contributed by atoms with van der Waals surface area (Å²) in [6, 6.07) is 0. The quantitative estimate of drug-likeness (QED) is 0.244. The summed E-state index contributed by atoms with van der Waals surface area (Å²) in [6.45, 7) is 0. The van der Waals surface area contributed by atoms with Crippen LogP contribution < -0.4 is 0 Å². The molecule has 0 amide bonds. The van der Waals surface area contributed by atoms with Gasteiger partial charge in [-0.1, -0.05) is 0 Å². The SMILES string of the molecule is O=S(=O)([O-])C(F)(F)C(F)(F)C(F)(F)C(F)(F)F.O=S(=O)([O-])C(F)(F)C(F)(F)C(F)(F)C(F)(F)F.[Fe+2]. The van der Waals surface area contributed by atoms with E-state index in [0.717, 1.165) is 0 Å². The molecule has 0 rings (SSSR count). The van der Waals surface area contributed by atoms with Gasteiger partial charge in [-0.25, -0.2) is 16.8 Å². The smallest absolute Gasteiger partial charge is 0.743 e. The van der Waals surface area contributed by atoms with Crippen molar-refractivity contribution in [3.8, 4) is 0 Å². The molecule has 0 bridgehead atoms. The number of hydrogen-bond acceptors (Lipinski definition) is 6. The van der Waals surface area contributed by atoms with E-state index in [9.17, 15) is 105 Å². The van der Waals surface area contributed by atoms with Crippen LogP contribution in [0.4, 0.5) is 79.0 Å². The van der Waals surface area contributed by atoms with Crippen molar-refractivity contribution in [1.29, 1.82) is 0 Å². The summed E-state index contributed by atoms with van der Waals surface area (Å²) < 4.78 is 271. The van der Waals surface area contributed by atoms with Crippen LogP contribution in [0.25, 0.3) is 0 Å². The van der Waals surface area contributed by atoms with Crippen molar-refractivity contribution in [2.75, 3.05) is 0 Å². The average molecular weight is 654 g/mol. The second kappa shape index (κ2) is 9.75. The van der Waals surface area contributed by atoms with Gasteiger partial charge in [0.2, 0.25) is 0 Å². The monoisotopic (exact) mass is 654 g/mol. The normalized spacial score (nSPS) is 15.7. The molecule has 0 atom stereocenters. The van der Waals surface area contributed by atoms with Crippen LogP contribution >= 0.6 is 0 Å². The Morgan fingerprint density at radius 3 is 0.600 bits per heavy atom. The zero-order valence-corrected chi connectivity index (χ0v) is 17.2. The Morgan fingerprint density at radius 2 is 0.514 bits per heavy atom. The summed E-state index contributed by atoms with van der Waals surface area (Å²) in [5.41, 5.74) is 0. The first kappa shape index (κ1) is 38.6. The van der Waals surface area contributed by atoms with Gasteiger partial charge in [-0.3, -0.25) is 0 Å². The van der Waals surface area contributed by atoms with Crippen LogP contribution in [-0.4, -0.2) is 72.5 Å². The van der Waals surface area contributed by atoms with Crippen molar-refractivity contribution < 1.29 is 122 Å². The van der Waals surface area contributed by atoms with Gasteiger partial charge in [0, 0.05) is 0 Å². The van der Waals surface area contributed by atoms with Gasteiger partial charge in [0.25, 0.3) is 0 Å². The minimum Gasteiger partial charge on any atom is -0.743 e. The summed E-state index contributed by atoms with van der Waals surface area (Å²) in [5.74, 6) is -29.6. The topological polar surface area (TPSA) is 114 Å². The van der Waals surface area contributed by atoms with Crippen LogP contribution in [0, 0.1) is 0 Å². The molecule has 0 aliphatic carbocycles. The van der Waals surface area contributed by atoms with E-state index in [1.165, 1.54) is 0 Å². The summed E-state index contributed by atoms with van der Waals surface area (Å²) >= 11 is 0. The van der Waals surface area contributed by atoms with Crippen LogP contribution in [-0.2, 0) is 37.3 Å². The summed E-state index contributed by atoms with van der Waals surface area (Å²) in [7, 11) is -14.8. The van der Waals surface area contributed by atoms with Crippen molar-refractivity contribution >= 4 is 20.2 Å². The van der Waals surface area contributed by atoms with Crippen molar-refractivity contribution in [2.24, 2.45) is 0 Å². The fraction of sp³-hybridized carbons (Fsp3) is 1.00. The Morgan fingerprint density at radius 1 is 0.371 bits per heavy atom. The van der Waals surface area contributed by atoms with E-state index in [-0.39, 0.29) is 17.1 Å². The van der Waals surface area contributed by atoms with E-state index in [0.29, 0.717) is 0 Å². The maximum Gasteiger partial charge on any atom is 2.00 e. The van der Waals surface area contributed by atoms with Gasteiger partial charge in [-0.2, -0.15) is 79.0 Å². The molecule has 0 N–H and O–H groups in total. The first-order chi connectivity index (χ1) is 14.0. The molecule has 0 radical (unpaired) electrons. The van der Waals surface area contributed by atoms with Crippen molar-refractivity contribution in [3.05, 3.63) is 0 Å². The van der Waals surface area contributed by atoms with Crippen molar-refractivity contribution in [3.63, 3.8) is 0 Å². The predicted octanol–water partition coefficient (Wildman–Crippen LogP) is 3.91. The predicted molar refractivity (Wildman–Crippen MR) is 61.2 cm³/mol. The van der Waals surface area contributed by atoms with Gasteiger partial charge in [-0.15, -0.1) is 0 Å². The van der Waals surface area contributed by atoms with E-state index in [4.69, 9.17) is 0 Å². The van der Waals surface area contributed by atoms with Gasteiger partial charge in [0.1, 0.15) is 0 Å². The summed E-state index contributed by atoms with van der Waals surface area (Å²) in [6.07, 6.45) is -14.3.